The fourth-order valence-corrected chi connectivity index (χ4v) is 5.57. The summed E-state index contributed by atoms with van der Waals surface area (Å²) in [5.74, 6) is -0.121. The van der Waals surface area contributed by atoms with Gasteiger partial charge in [0.15, 0.2) is 0 Å². The summed E-state index contributed by atoms with van der Waals surface area (Å²) in [7, 11) is -3.18. The molecule has 0 amide bonds. The highest BCUT2D eigenvalue weighted by atomic mass is 32.2. The number of hydrogen-bond donors (Lipinski definition) is 0. The number of piperidine rings is 1. The summed E-state index contributed by atoms with van der Waals surface area (Å²) in [5.41, 5.74) is 2.37. The van der Waals surface area contributed by atoms with Gasteiger partial charge in [-0.3, -0.25) is 9.69 Å². The van der Waals surface area contributed by atoms with E-state index >= 15 is 0 Å². The fraction of sp³-hybridized carbons (Fsp3) is 0.650. The van der Waals surface area contributed by atoms with Crippen molar-refractivity contribution in [2.24, 2.45) is 5.41 Å². The Hall–Kier alpha value is -1.44. The van der Waals surface area contributed by atoms with Gasteiger partial charge in [-0.1, -0.05) is 24.3 Å². The summed E-state index contributed by atoms with van der Waals surface area (Å²) in [4.78, 5) is 15.0. The van der Waals surface area contributed by atoms with Crippen molar-refractivity contribution >= 4 is 16.0 Å². The predicted molar refractivity (Wildman–Crippen MR) is 103 cm³/mol. The van der Waals surface area contributed by atoms with E-state index in [0.717, 1.165) is 38.9 Å². The van der Waals surface area contributed by atoms with Crippen LogP contribution in [0.3, 0.4) is 0 Å². The van der Waals surface area contributed by atoms with Crippen LogP contribution in [0, 0.1) is 5.41 Å². The van der Waals surface area contributed by atoms with E-state index in [2.05, 4.69) is 29.2 Å². The summed E-state index contributed by atoms with van der Waals surface area (Å²) >= 11 is 0. The number of benzene rings is 1. The number of fused-ring (bicyclic) bond motifs is 1. The molecule has 1 atom stereocenters. The normalized spacial score (nSPS) is 26.1. The van der Waals surface area contributed by atoms with Crippen molar-refractivity contribution in [3.05, 3.63) is 35.4 Å². The third-order valence-electron chi connectivity index (χ3n) is 6.45. The van der Waals surface area contributed by atoms with E-state index in [1.807, 2.05) is 0 Å². The number of nitrogens with zero attached hydrogens (tertiary/aromatic N) is 2. The van der Waals surface area contributed by atoms with Crippen molar-refractivity contribution < 1.29 is 17.9 Å². The topological polar surface area (TPSA) is 66.9 Å². The average Bonchev–Trinajstić information content (AvgIpc) is 2.94. The molecule has 27 heavy (non-hydrogen) atoms. The molecule has 0 bridgehead atoms. The second kappa shape index (κ2) is 7.18. The molecule has 3 heterocycles. The quantitative estimate of drug-likeness (QED) is 0.731. The second-order valence-corrected chi connectivity index (χ2v) is 10.2. The number of sulfonamides is 1. The molecule has 0 unspecified atom stereocenters. The van der Waals surface area contributed by atoms with Gasteiger partial charge in [0, 0.05) is 39.1 Å². The van der Waals surface area contributed by atoms with E-state index in [1.165, 1.54) is 21.7 Å². The third-order valence-corrected chi connectivity index (χ3v) is 7.75. The van der Waals surface area contributed by atoms with Crippen molar-refractivity contribution in [3.63, 3.8) is 0 Å². The minimum absolute atomic E-state index is 0.0422. The molecule has 3 aliphatic heterocycles. The lowest BCUT2D eigenvalue weighted by Gasteiger charge is -2.35. The predicted octanol–water partition coefficient (Wildman–Crippen LogP) is 1.79. The summed E-state index contributed by atoms with van der Waals surface area (Å²) < 4.78 is 30.6. The van der Waals surface area contributed by atoms with E-state index in [1.54, 1.807) is 0 Å². The van der Waals surface area contributed by atoms with Crippen LogP contribution in [0.1, 0.15) is 36.8 Å². The molecule has 0 N–H and O–H groups in total. The first kappa shape index (κ1) is 18.9. The van der Waals surface area contributed by atoms with Crippen LogP contribution in [0.4, 0.5) is 0 Å². The van der Waals surface area contributed by atoms with E-state index in [9.17, 15) is 13.2 Å². The van der Waals surface area contributed by atoms with Crippen LogP contribution in [-0.2, 0) is 32.5 Å². The summed E-state index contributed by atoms with van der Waals surface area (Å²) in [6.07, 6.45) is 5.00. The van der Waals surface area contributed by atoms with Gasteiger partial charge >= 0.3 is 5.97 Å². The Morgan fingerprint density at radius 2 is 1.85 bits per heavy atom. The first-order chi connectivity index (χ1) is 12.9. The Morgan fingerprint density at radius 3 is 2.56 bits per heavy atom. The van der Waals surface area contributed by atoms with Gasteiger partial charge in [-0.05, 0) is 36.8 Å². The minimum Gasteiger partial charge on any atom is -0.462 e. The van der Waals surface area contributed by atoms with E-state index in [4.69, 9.17) is 4.74 Å². The van der Waals surface area contributed by atoms with Crippen LogP contribution in [0.15, 0.2) is 24.3 Å². The second-order valence-electron chi connectivity index (χ2n) is 8.26. The van der Waals surface area contributed by atoms with Gasteiger partial charge in [-0.25, -0.2) is 12.7 Å². The number of esters is 1. The zero-order valence-corrected chi connectivity index (χ0v) is 16.7. The maximum atomic E-state index is 12.5. The molecule has 2 fully saturated rings. The standard InChI is InChI=1S/C20H28N2O4S/c1-27(24,25)22-12-8-20(9-13-22)14-18(26-19(20)23)7-11-21-10-6-16-4-2-3-5-17(16)15-21/h2-5,18H,6-15H2,1H3/t18-/m0/s1. The molecule has 0 radical (unpaired) electrons. The van der Waals surface area contributed by atoms with Crippen LogP contribution in [0.25, 0.3) is 0 Å². The number of cyclic esters (lactones) is 1. The Morgan fingerprint density at radius 1 is 1.15 bits per heavy atom. The molecule has 6 nitrogen and oxygen atoms in total. The van der Waals surface area contributed by atoms with Gasteiger partial charge < -0.3 is 4.74 Å². The SMILES string of the molecule is CS(=O)(=O)N1CCC2(CC1)C[C@H](CCN1CCc3ccccc3C1)OC2=O. The largest absolute Gasteiger partial charge is 0.462 e. The Balaban J connectivity index is 1.30. The van der Waals surface area contributed by atoms with Gasteiger partial charge in [0.1, 0.15) is 6.10 Å². The number of carbonyl (C=O) groups is 1. The van der Waals surface area contributed by atoms with E-state index in [0.29, 0.717) is 25.9 Å². The maximum absolute atomic E-state index is 12.5. The smallest absolute Gasteiger partial charge is 0.312 e. The lowest BCUT2D eigenvalue weighted by atomic mass is 9.76. The lowest BCUT2D eigenvalue weighted by Crippen LogP contribution is -2.44. The summed E-state index contributed by atoms with van der Waals surface area (Å²) in [6, 6.07) is 8.59. The Bertz CT molecular complexity index is 815. The highest BCUT2D eigenvalue weighted by Gasteiger charge is 2.51. The fourth-order valence-electron chi connectivity index (χ4n) is 4.72. The molecule has 1 aromatic carbocycles. The summed E-state index contributed by atoms with van der Waals surface area (Å²) in [5, 5.41) is 0. The molecule has 1 spiro atoms. The molecule has 3 aliphatic rings. The van der Waals surface area contributed by atoms with Crippen molar-refractivity contribution in [2.45, 2.75) is 44.8 Å². The van der Waals surface area contributed by atoms with Crippen LogP contribution in [0.2, 0.25) is 0 Å². The van der Waals surface area contributed by atoms with Gasteiger partial charge in [0.05, 0.1) is 11.7 Å². The molecule has 2 saturated heterocycles. The highest BCUT2D eigenvalue weighted by Crippen LogP contribution is 2.44. The van der Waals surface area contributed by atoms with Gasteiger partial charge in [-0.2, -0.15) is 0 Å². The maximum Gasteiger partial charge on any atom is 0.312 e. The van der Waals surface area contributed by atoms with Crippen molar-refractivity contribution in [2.75, 3.05) is 32.4 Å². The van der Waals surface area contributed by atoms with Gasteiger partial charge in [0.2, 0.25) is 10.0 Å². The average molecular weight is 393 g/mol. The molecular weight excluding hydrogens is 364 g/mol. The number of rotatable bonds is 4. The van der Waals surface area contributed by atoms with Crippen LogP contribution in [-0.4, -0.2) is 62.1 Å². The first-order valence-corrected chi connectivity index (χ1v) is 11.7. The van der Waals surface area contributed by atoms with E-state index in [-0.39, 0.29) is 12.1 Å². The Kier molecular flexibility index (Phi) is 5.03. The molecule has 7 heteroatoms. The molecule has 4 rings (SSSR count). The van der Waals surface area contributed by atoms with Crippen LogP contribution in [0.5, 0.6) is 0 Å². The van der Waals surface area contributed by atoms with E-state index < -0.39 is 15.4 Å². The molecule has 0 saturated carbocycles. The molecule has 0 aliphatic carbocycles. The van der Waals surface area contributed by atoms with Gasteiger partial charge in [0.25, 0.3) is 0 Å². The van der Waals surface area contributed by atoms with Gasteiger partial charge in [-0.15, -0.1) is 0 Å². The minimum atomic E-state index is -3.18. The molecule has 0 aromatic heterocycles. The zero-order valence-electron chi connectivity index (χ0n) is 15.9. The van der Waals surface area contributed by atoms with Crippen molar-refractivity contribution in [3.8, 4) is 0 Å². The van der Waals surface area contributed by atoms with Crippen LogP contribution < -0.4 is 0 Å². The number of carbonyl (C=O) groups excluding carboxylic acids is 1. The Labute approximate surface area is 161 Å². The lowest BCUT2D eigenvalue weighted by molar-refractivity contribution is -0.150. The summed E-state index contributed by atoms with van der Waals surface area (Å²) in [6.45, 7) is 3.78. The first-order valence-electron chi connectivity index (χ1n) is 9.81. The molecule has 1 aromatic rings. The highest BCUT2D eigenvalue weighted by molar-refractivity contribution is 7.88. The van der Waals surface area contributed by atoms with Crippen molar-refractivity contribution in [1.82, 2.24) is 9.21 Å². The number of hydrogen-bond acceptors (Lipinski definition) is 5. The third kappa shape index (κ3) is 3.91. The monoisotopic (exact) mass is 392 g/mol. The van der Waals surface area contributed by atoms with Crippen LogP contribution >= 0.6 is 0 Å². The van der Waals surface area contributed by atoms with Crippen molar-refractivity contribution in [1.29, 1.82) is 0 Å². The molecule has 148 valence electrons. The number of ether oxygens (including phenoxy) is 1. The molecular formula is C20H28N2O4S. The zero-order chi connectivity index (χ0) is 19.1.